The van der Waals surface area contributed by atoms with Crippen LogP contribution in [-0.2, 0) is 12.4 Å². The Labute approximate surface area is 256 Å². The maximum Gasteiger partial charge on any atom is 0.417 e. The molecule has 0 saturated heterocycles. The second-order valence-electron chi connectivity index (χ2n) is 7.65. The van der Waals surface area contributed by atoms with Crippen LogP contribution in [0.5, 0.6) is 17.2 Å². The summed E-state index contributed by atoms with van der Waals surface area (Å²) >= 11 is 4.30. The minimum Gasteiger partial charge on any atom is -0.508 e. The van der Waals surface area contributed by atoms with Crippen LogP contribution in [0.3, 0.4) is 0 Å². The standard InChI is InChI=1S/C14H7F3INO.C8H3F4N.C6H5IO/c15-14(16,17)13-7-12(4-1-9(13)8-19)20-11-5-2-10(18)3-6-11;9-6-2-1-5(4-13)7(3-6)8(10,11)12;7-5-1-3-6(8)4-2-5/h1-7H;1-3H;1-4,8H. The van der Waals surface area contributed by atoms with Crippen molar-refractivity contribution in [2.75, 3.05) is 0 Å². The normalized spacial score (nSPS) is 10.6. The summed E-state index contributed by atoms with van der Waals surface area (Å²) in [5.74, 6) is -0.211. The minimum atomic E-state index is -4.69. The predicted octanol–water partition coefficient (Wildman–Crippen LogP) is 9.69. The Morgan fingerprint density at radius 1 is 0.610 bits per heavy atom. The van der Waals surface area contributed by atoms with E-state index in [4.69, 9.17) is 20.4 Å². The van der Waals surface area contributed by atoms with Crippen molar-refractivity contribution >= 4 is 45.2 Å². The SMILES string of the molecule is N#Cc1ccc(F)cc1C(F)(F)F.N#Cc1ccc(Oc2ccc(I)cc2)cc1C(F)(F)F.Oc1ccc(I)cc1. The topological polar surface area (TPSA) is 77.0 Å². The summed E-state index contributed by atoms with van der Waals surface area (Å²) in [6.07, 6.45) is -9.27. The van der Waals surface area contributed by atoms with Crippen molar-refractivity contribution < 1.29 is 40.6 Å². The third kappa shape index (κ3) is 11.1. The molecule has 13 heteroatoms. The second kappa shape index (κ2) is 14.9. The van der Waals surface area contributed by atoms with Gasteiger partial charge >= 0.3 is 12.4 Å². The molecule has 212 valence electrons. The predicted molar refractivity (Wildman–Crippen MR) is 152 cm³/mol. The van der Waals surface area contributed by atoms with Crippen molar-refractivity contribution in [3.8, 4) is 29.4 Å². The molecule has 0 saturated carbocycles. The van der Waals surface area contributed by atoms with Crippen molar-refractivity contribution in [2.24, 2.45) is 0 Å². The average Bonchev–Trinajstić information content (AvgIpc) is 2.91. The zero-order valence-corrected chi connectivity index (χ0v) is 24.5. The quantitative estimate of drug-likeness (QED) is 0.162. The largest absolute Gasteiger partial charge is 0.508 e. The minimum absolute atomic E-state index is 0.0394. The van der Waals surface area contributed by atoms with Crippen LogP contribution in [0.4, 0.5) is 30.7 Å². The van der Waals surface area contributed by atoms with Gasteiger partial charge in [0.1, 0.15) is 23.1 Å². The van der Waals surface area contributed by atoms with Gasteiger partial charge in [-0.05, 0) is 130 Å². The summed E-state index contributed by atoms with van der Waals surface area (Å²) in [4.78, 5) is 0. The van der Waals surface area contributed by atoms with E-state index in [1.54, 1.807) is 36.4 Å². The number of halogens is 9. The summed E-state index contributed by atoms with van der Waals surface area (Å²) in [5.41, 5.74) is -3.24. The molecule has 0 fully saturated rings. The average molecular weight is 798 g/mol. The zero-order chi connectivity index (χ0) is 30.8. The van der Waals surface area contributed by atoms with Crippen LogP contribution in [0, 0.1) is 35.6 Å². The van der Waals surface area contributed by atoms with Gasteiger partial charge in [-0.25, -0.2) is 4.39 Å². The fourth-order valence-electron chi connectivity index (χ4n) is 2.85. The molecule has 0 radical (unpaired) electrons. The molecule has 0 aliphatic heterocycles. The highest BCUT2D eigenvalue weighted by atomic mass is 127. The van der Waals surface area contributed by atoms with Crippen LogP contribution < -0.4 is 4.74 Å². The van der Waals surface area contributed by atoms with Crippen LogP contribution in [0.25, 0.3) is 0 Å². The highest BCUT2D eigenvalue weighted by molar-refractivity contribution is 14.1. The van der Waals surface area contributed by atoms with E-state index < -0.39 is 40.4 Å². The molecule has 0 amide bonds. The molecule has 0 aromatic heterocycles. The Balaban J connectivity index is 0.000000239. The zero-order valence-electron chi connectivity index (χ0n) is 20.2. The molecule has 1 N–H and O–H groups in total. The molecule has 0 aliphatic rings. The monoisotopic (exact) mass is 798 g/mol. The van der Waals surface area contributed by atoms with E-state index in [2.05, 4.69) is 45.2 Å². The summed E-state index contributed by atoms with van der Waals surface area (Å²) in [6.45, 7) is 0. The fourth-order valence-corrected chi connectivity index (χ4v) is 3.57. The first-order chi connectivity index (χ1) is 19.1. The van der Waals surface area contributed by atoms with E-state index >= 15 is 0 Å². The number of benzene rings is 4. The van der Waals surface area contributed by atoms with E-state index in [0.29, 0.717) is 17.6 Å². The Bertz CT molecular complexity index is 1520. The van der Waals surface area contributed by atoms with Gasteiger partial charge in [-0.15, -0.1) is 0 Å². The Morgan fingerprint density at radius 3 is 1.46 bits per heavy atom. The number of nitriles is 2. The van der Waals surface area contributed by atoms with E-state index in [9.17, 15) is 30.7 Å². The van der Waals surface area contributed by atoms with Crippen LogP contribution in [0.1, 0.15) is 22.3 Å². The number of hydrogen-bond acceptors (Lipinski definition) is 4. The number of hydrogen-bond donors (Lipinski definition) is 1. The Hall–Kier alpha value is -3.57. The van der Waals surface area contributed by atoms with Crippen LogP contribution >= 0.6 is 45.2 Å². The molecule has 0 aliphatic carbocycles. The molecule has 0 spiro atoms. The van der Waals surface area contributed by atoms with Crippen molar-refractivity contribution in [2.45, 2.75) is 12.4 Å². The molecule has 4 rings (SSSR count). The molecular formula is C28H15F7I2N2O2. The van der Waals surface area contributed by atoms with Crippen molar-refractivity contribution in [3.63, 3.8) is 0 Å². The number of ether oxygens (including phenoxy) is 1. The van der Waals surface area contributed by atoms with Crippen LogP contribution in [0.15, 0.2) is 84.9 Å². The summed E-state index contributed by atoms with van der Waals surface area (Å²) in [7, 11) is 0. The molecule has 4 nitrogen and oxygen atoms in total. The molecule has 4 aromatic carbocycles. The molecule has 0 atom stereocenters. The van der Waals surface area contributed by atoms with Gasteiger partial charge in [-0.2, -0.15) is 36.9 Å². The van der Waals surface area contributed by atoms with E-state index in [1.165, 1.54) is 18.2 Å². The molecule has 0 heterocycles. The summed E-state index contributed by atoms with van der Waals surface area (Å²) < 4.78 is 94.6. The van der Waals surface area contributed by atoms with Crippen molar-refractivity contribution in [1.82, 2.24) is 0 Å². The number of phenolic OH excluding ortho intramolecular Hbond substituents is 1. The lowest BCUT2D eigenvalue weighted by Crippen LogP contribution is -2.08. The van der Waals surface area contributed by atoms with Gasteiger partial charge in [0.05, 0.1) is 34.4 Å². The Kier molecular flexibility index (Phi) is 12.2. The van der Waals surface area contributed by atoms with Crippen molar-refractivity contribution in [1.29, 1.82) is 10.5 Å². The van der Waals surface area contributed by atoms with E-state index in [-0.39, 0.29) is 5.75 Å². The number of alkyl halides is 6. The lowest BCUT2D eigenvalue weighted by molar-refractivity contribution is -0.138. The van der Waals surface area contributed by atoms with Gasteiger partial charge in [0.15, 0.2) is 0 Å². The van der Waals surface area contributed by atoms with Gasteiger partial charge in [-0.3, -0.25) is 0 Å². The highest BCUT2D eigenvalue weighted by Gasteiger charge is 2.34. The number of aromatic hydroxyl groups is 1. The van der Waals surface area contributed by atoms with E-state index in [0.717, 1.165) is 31.4 Å². The number of nitrogens with zero attached hydrogens (tertiary/aromatic N) is 2. The van der Waals surface area contributed by atoms with Gasteiger partial charge in [0.25, 0.3) is 0 Å². The van der Waals surface area contributed by atoms with Gasteiger partial charge in [0, 0.05) is 7.14 Å². The second-order valence-corrected chi connectivity index (χ2v) is 10.1. The third-order valence-electron chi connectivity index (χ3n) is 4.70. The van der Waals surface area contributed by atoms with Crippen LogP contribution in [0.2, 0.25) is 0 Å². The van der Waals surface area contributed by atoms with Crippen LogP contribution in [-0.4, -0.2) is 5.11 Å². The summed E-state index contributed by atoms with van der Waals surface area (Å²) in [6, 6.07) is 22.0. The first-order valence-electron chi connectivity index (χ1n) is 10.9. The van der Waals surface area contributed by atoms with E-state index in [1.807, 2.05) is 12.1 Å². The maximum atomic E-state index is 12.8. The van der Waals surface area contributed by atoms with Gasteiger partial charge < -0.3 is 9.84 Å². The highest BCUT2D eigenvalue weighted by Crippen LogP contribution is 2.35. The lowest BCUT2D eigenvalue weighted by Gasteiger charge is -2.11. The van der Waals surface area contributed by atoms with Crippen molar-refractivity contribution in [3.05, 3.63) is 120 Å². The van der Waals surface area contributed by atoms with Gasteiger partial charge in [0.2, 0.25) is 0 Å². The van der Waals surface area contributed by atoms with Gasteiger partial charge in [-0.1, -0.05) is 0 Å². The maximum absolute atomic E-state index is 12.8. The summed E-state index contributed by atoms with van der Waals surface area (Å²) in [5, 5.41) is 25.8. The number of phenols is 1. The Morgan fingerprint density at radius 2 is 1.02 bits per heavy atom. The first-order valence-corrected chi connectivity index (χ1v) is 13.1. The molecule has 41 heavy (non-hydrogen) atoms. The molecule has 0 unspecified atom stereocenters. The lowest BCUT2D eigenvalue weighted by atomic mass is 10.1. The third-order valence-corrected chi connectivity index (χ3v) is 6.14. The number of rotatable bonds is 2. The fraction of sp³-hybridized carbons (Fsp3) is 0.0714. The molecule has 0 bridgehead atoms. The smallest absolute Gasteiger partial charge is 0.417 e. The molecule has 4 aromatic rings. The first kappa shape index (κ1) is 33.6. The molecular weight excluding hydrogens is 783 g/mol.